The number of rotatable bonds is 14. The Bertz CT molecular complexity index is 197. The zero-order chi connectivity index (χ0) is 15.2. The summed E-state index contributed by atoms with van der Waals surface area (Å²) >= 11 is 0. The summed E-state index contributed by atoms with van der Waals surface area (Å²) in [5, 5.41) is 0. The second-order valence-corrected chi connectivity index (χ2v) is 5.25. The van der Waals surface area contributed by atoms with Crippen LogP contribution in [-0.4, -0.2) is 39.0 Å². The fourth-order valence-corrected chi connectivity index (χ4v) is 1.89. The maximum atomic E-state index is 5.75. The van der Waals surface area contributed by atoms with E-state index in [1.807, 2.05) is 20.8 Å². The molecule has 2 unspecified atom stereocenters. The van der Waals surface area contributed by atoms with Gasteiger partial charge < -0.3 is 18.9 Å². The lowest BCUT2D eigenvalue weighted by Crippen LogP contribution is -2.24. The predicted octanol–water partition coefficient (Wildman–Crippen LogP) is 3.98. The highest BCUT2D eigenvalue weighted by Crippen LogP contribution is 2.10. The fourth-order valence-electron chi connectivity index (χ4n) is 1.89. The lowest BCUT2D eigenvalue weighted by Gasteiger charge is -2.21. The molecule has 0 aromatic carbocycles. The second kappa shape index (κ2) is 13.8. The van der Waals surface area contributed by atoms with E-state index in [1.165, 1.54) is 12.8 Å². The van der Waals surface area contributed by atoms with Crippen molar-refractivity contribution in [2.75, 3.05) is 26.4 Å². The molecular weight excluding hydrogens is 256 g/mol. The van der Waals surface area contributed by atoms with Gasteiger partial charge in [-0.15, -0.1) is 0 Å². The minimum absolute atomic E-state index is 0.0598. The highest BCUT2D eigenvalue weighted by Gasteiger charge is 2.12. The summed E-state index contributed by atoms with van der Waals surface area (Å²) in [5.41, 5.74) is 0. The van der Waals surface area contributed by atoms with Gasteiger partial charge in [-0.2, -0.15) is 0 Å². The molecule has 122 valence electrons. The topological polar surface area (TPSA) is 36.9 Å². The van der Waals surface area contributed by atoms with Crippen LogP contribution in [0.1, 0.15) is 60.3 Å². The van der Waals surface area contributed by atoms with Crippen molar-refractivity contribution >= 4 is 0 Å². The molecule has 0 spiro atoms. The van der Waals surface area contributed by atoms with E-state index in [1.54, 1.807) is 0 Å². The molecule has 0 N–H and O–H groups in total. The molecule has 0 aliphatic rings. The van der Waals surface area contributed by atoms with Gasteiger partial charge in [0.15, 0.2) is 12.6 Å². The zero-order valence-corrected chi connectivity index (χ0v) is 14.0. The number of unbranched alkanes of at least 4 members (excludes halogenated alkanes) is 3. The molecule has 0 fully saturated rings. The van der Waals surface area contributed by atoms with Crippen LogP contribution in [0.15, 0.2) is 0 Å². The third-order valence-electron chi connectivity index (χ3n) is 2.95. The lowest BCUT2D eigenvalue weighted by atomic mass is 10.2. The summed E-state index contributed by atoms with van der Waals surface area (Å²) in [6.07, 6.45) is 4.36. The van der Waals surface area contributed by atoms with Crippen molar-refractivity contribution in [3.63, 3.8) is 0 Å². The zero-order valence-electron chi connectivity index (χ0n) is 14.0. The Hall–Kier alpha value is -0.160. The molecule has 0 radical (unpaired) electrons. The minimum atomic E-state index is -0.0821. The Morgan fingerprint density at radius 2 is 1.20 bits per heavy atom. The normalized spacial score (nSPS) is 14.7. The number of hydrogen-bond acceptors (Lipinski definition) is 4. The Kier molecular flexibility index (Phi) is 13.7. The smallest absolute Gasteiger partial charge is 0.159 e. The van der Waals surface area contributed by atoms with Crippen LogP contribution < -0.4 is 0 Å². The van der Waals surface area contributed by atoms with Crippen molar-refractivity contribution < 1.29 is 18.9 Å². The van der Waals surface area contributed by atoms with Crippen molar-refractivity contribution in [1.29, 1.82) is 0 Å². The molecule has 0 aliphatic heterocycles. The van der Waals surface area contributed by atoms with Crippen LogP contribution in [0.25, 0.3) is 0 Å². The third-order valence-corrected chi connectivity index (χ3v) is 2.95. The average molecular weight is 290 g/mol. The van der Waals surface area contributed by atoms with Crippen LogP contribution >= 0.6 is 0 Å². The Morgan fingerprint density at radius 1 is 0.650 bits per heavy atom. The van der Waals surface area contributed by atoms with Gasteiger partial charge in [-0.25, -0.2) is 0 Å². The van der Waals surface area contributed by atoms with Gasteiger partial charge in [-0.3, -0.25) is 0 Å². The largest absolute Gasteiger partial charge is 0.353 e. The van der Waals surface area contributed by atoms with E-state index >= 15 is 0 Å². The summed E-state index contributed by atoms with van der Waals surface area (Å²) in [6, 6.07) is 0. The first-order valence-corrected chi connectivity index (χ1v) is 8.08. The summed E-state index contributed by atoms with van der Waals surface area (Å²) < 4.78 is 22.1. The van der Waals surface area contributed by atoms with Crippen molar-refractivity contribution in [2.24, 2.45) is 5.92 Å². The molecule has 0 rings (SSSR count). The summed E-state index contributed by atoms with van der Waals surface area (Å²) in [4.78, 5) is 0. The second-order valence-electron chi connectivity index (χ2n) is 5.25. The first-order valence-electron chi connectivity index (χ1n) is 8.08. The first kappa shape index (κ1) is 19.8. The van der Waals surface area contributed by atoms with Crippen LogP contribution in [0.3, 0.4) is 0 Å². The molecule has 0 heterocycles. The fraction of sp³-hybridized carbons (Fsp3) is 1.00. The van der Waals surface area contributed by atoms with Gasteiger partial charge in [0.2, 0.25) is 0 Å². The monoisotopic (exact) mass is 290 g/mol. The van der Waals surface area contributed by atoms with E-state index in [2.05, 4.69) is 13.8 Å². The first-order chi connectivity index (χ1) is 9.61. The molecular formula is C16H34O4. The van der Waals surface area contributed by atoms with Crippen LogP contribution in [0.2, 0.25) is 0 Å². The van der Waals surface area contributed by atoms with E-state index < -0.39 is 0 Å². The highest BCUT2D eigenvalue weighted by atomic mass is 16.7. The van der Waals surface area contributed by atoms with Gasteiger partial charge in [-0.1, -0.05) is 26.7 Å². The number of hydrogen-bond donors (Lipinski definition) is 0. The van der Waals surface area contributed by atoms with Crippen molar-refractivity contribution in [2.45, 2.75) is 72.9 Å². The van der Waals surface area contributed by atoms with E-state index in [4.69, 9.17) is 18.9 Å². The predicted molar refractivity (Wildman–Crippen MR) is 81.7 cm³/mol. The van der Waals surface area contributed by atoms with E-state index in [9.17, 15) is 0 Å². The molecule has 0 amide bonds. The average Bonchev–Trinajstić information content (AvgIpc) is 2.40. The molecule has 0 aromatic heterocycles. The summed E-state index contributed by atoms with van der Waals surface area (Å²) in [5.74, 6) is 0.406. The summed E-state index contributed by atoms with van der Waals surface area (Å²) in [7, 11) is 0. The molecule has 0 aromatic rings. The van der Waals surface area contributed by atoms with Crippen molar-refractivity contribution in [1.82, 2.24) is 0 Å². The maximum Gasteiger partial charge on any atom is 0.159 e. The molecule has 4 nitrogen and oxygen atoms in total. The van der Waals surface area contributed by atoms with Crippen molar-refractivity contribution in [3.05, 3.63) is 0 Å². The minimum Gasteiger partial charge on any atom is -0.353 e. The lowest BCUT2D eigenvalue weighted by molar-refractivity contribution is -0.163. The van der Waals surface area contributed by atoms with Crippen LogP contribution in [0.5, 0.6) is 0 Å². The van der Waals surface area contributed by atoms with Gasteiger partial charge in [0.1, 0.15) is 0 Å². The molecule has 0 saturated heterocycles. The Balaban J connectivity index is 3.35. The molecule has 0 bridgehead atoms. The molecule has 2 atom stereocenters. The standard InChI is InChI=1S/C16H34O4/c1-6-17-15(5)19-12-10-8-9-11-13-20-16(14(3)4)18-7-2/h14-16H,6-13H2,1-5H3. The van der Waals surface area contributed by atoms with E-state index in [0.29, 0.717) is 19.1 Å². The van der Waals surface area contributed by atoms with Crippen LogP contribution in [-0.2, 0) is 18.9 Å². The Labute approximate surface area is 125 Å². The van der Waals surface area contributed by atoms with Gasteiger partial charge >= 0.3 is 0 Å². The van der Waals surface area contributed by atoms with Gasteiger partial charge in [0, 0.05) is 32.3 Å². The molecule has 4 heteroatoms. The number of ether oxygens (including phenoxy) is 4. The third kappa shape index (κ3) is 11.6. The summed E-state index contributed by atoms with van der Waals surface area (Å²) in [6.45, 7) is 13.1. The van der Waals surface area contributed by atoms with E-state index in [0.717, 1.165) is 26.1 Å². The molecule has 20 heavy (non-hydrogen) atoms. The van der Waals surface area contributed by atoms with Crippen LogP contribution in [0.4, 0.5) is 0 Å². The van der Waals surface area contributed by atoms with Gasteiger partial charge in [0.05, 0.1) is 0 Å². The molecule has 0 saturated carbocycles. The van der Waals surface area contributed by atoms with E-state index in [-0.39, 0.29) is 12.6 Å². The SMILES string of the molecule is CCOC(C)OCCCCCCOC(OCC)C(C)C. The van der Waals surface area contributed by atoms with Crippen LogP contribution in [0, 0.1) is 5.92 Å². The van der Waals surface area contributed by atoms with Gasteiger partial charge in [0.25, 0.3) is 0 Å². The highest BCUT2D eigenvalue weighted by molar-refractivity contribution is 4.51. The van der Waals surface area contributed by atoms with Gasteiger partial charge in [-0.05, 0) is 33.6 Å². The van der Waals surface area contributed by atoms with Crippen molar-refractivity contribution in [3.8, 4) is 0 Å². The quantitative estimate of drug-likeness (QED) is 0.358. The Morgan fingerprint density at radius 3 is 1.70 bits per heavy atom. The molecule has 0 aliphatic carbocycles. The maximum absolute atomic E-state index is 5.75.